The van der Waals surface area contributed by atoms with Gasteiger partial charge in [0.1, 0.15) is 5.75 Å². The van der Waals surface area contributed by atoms with Crippen LogP contribution in [0.5, 0.6) is 5.75 Å². The van der Waals surface area contributed by atoms with E-state index in [2.05, 4.69) is 5.32 Å². The molecule has 3 rings (SSSR count). The van der Waals surface area contributed by atoms with Crippen LogP contribution in [0.2, 0.25) is 5.02 Å². The van der Waals surface area contributed by atoms with Gasteiger partial charge in [-0.15, -0.1) is 0 Å². The van der Waals surface area contributed by atoms with E-state index in [1.165, 1.54) is 0 Å². The van der Waals surface area contributed by atoms with Crippen LogP contribution in [-0.2, 0) is 9.59 Å². The molecule has 0 radical (unpaired) electrons. The lowest BCUT2D eigenvalue weighted by Gasteiger charge is -2.33. The minimum Gasteiger partial charge on any atom is -0.481 e. The number of anilines is 1. The first-order chi connectivity index (χ1) is 13.4. The van der Waals surface area contributed by atoms with Crippen LogP contribution in [0, 0.1) is 12.8 Å². The van der Waals surface area contributed by atoms with Crippen LogP contribution in [0.25, 0.3) is 0 Å². The van der Waals surface area contributed by atoms with Crippen molar-refractivity contribution in [3.63, 3.8) is 0 Å². The second kappa shape index (κ2) is 9.11. The number of ether oxygens (including phenoxy) is 1. The fourth-order valence-corrected chi connectivity index (χ4v) is 3.45. The third-order valence-corrected chi connectivity index (χ3v) is 5.43. The standard InChI is InChI=1S/C22H25ClN2O3/c1-15-14-19(8-9-20(15)23)28-16(2)22(27)25-12-10-17(11-13-25)21(26)24-18-6-4-3-5-7-18/h3-9,14,16-17H,10-13H2,1-2H3,(H,24,26)/t16-/m0/s1. The second-order valence-electron chi connectivity index (χ2n) is 7.13. The van der Waals surface area contributed by atoms with E-state index in [0.717, 1.165) is 11.3 Å². The zero-order valence-electron chi connectivity index (χ0n) is 16.2. The highest BCUT2D eigenvalue weighted by Crippen LogP contribution is 2.24. The Morgan fingerprint density at radius 3 is 2.46 bits per heavy atom. The number of carbonyl (C=O) groups excluding carboxylic acids is 2. The minimum atomic E-state index is -0.588. The molecule has 6 heteroatoms. The number of rotatable bonds is 5. The molecular formula is C22H25ClN2O3. The zero-order valence-corrected chi connectivity index (χ0v) is 16.9. The first kappa shape index (κ1) is 20.2. The molecule has 148 valence electrons. The molecule has 0 unspecified atom stereocenters. The Hall–Kier alpha value is -2.53. The number of aryl methyl sites for hydroxylation is 1. The molecule has 1 N–H and O–H groups in total. The van der Waals surface area contributed by atoms with Crippen molar-refractivity contribution < 1.29 is 14.3 Å². The van der Waals surface area contributed by atoms with Gasteiger partial charge in [0.15, 0.2) is 6.10 Å². The van der Waals surface area contributed by atoms with Crippen LogP contribution in [0.15, 0.2) is 48.5 Å². The van der Waals surface area contributed by atoms with E-state index in [9.17, 15) is 9.59 Å². The van der Waals surface area contributed by atoms with Crippen LogP contribution < -0.4 is 10.1 Å². The average molecular weight is 401 g/mol. The first-order valence-electron chi connectivity index (χ1n) is 9.51. The molecule has 1 saturated heterocycles. The van der Waals surface area contributed by atoms with Gasteiger partial charge in [-0.2, -0.15) is 0 Å². The first-order valence-corrected chi connectivity index (χ1v) is 9.89. The highest BCUT2D eigenvalue weighted by molar-refractivity contribution is 6.31. The smallest absolute Gasteiger partial charge is 0.263 e. The highest BCUT2D eigenvalue weighted by Gasteiger charge is 2.30. The summed E-state index contributed by atoms with van der Waals surface area (Å²) >= 11 is 6.03. The topological polar surface area (TPSA) is 58.6 Å². The lowest BCUT2D eigenvalue weighted by atomic mass is 9.95. The number of carbonyl (C=O) groups is 2. The molecule has 0 aromatic heterocycles. The molecule has 1 heterocycles. The second-order valence-corrected chi connectivity index (χ2v) is 7.53. The summed E-state index contributed by atoms with van der Waals surface area (Å²) < 4.78 is 5.79. The molecule has 0 bridgehead atoms. The monoisotopic (exact) mass is 400 g/mol. The fraction of sp³-hybridized carbons (Fsp3) is 0.364. The third kappa shape index (κ3) is 5.04. The highest BCUT2D eigenvalue weighted by atomic mass is 35.5. The quantitative estimate of drug-likeness (QED) is 0.814. The van der Waals surface area contributed by atoms with Crippen LogP contribution in [0.3, 0.4) is 0 Å². The van der Waals surface area contributed by atoms with Gasteiger partial charge in [0.2, 0.25) is 5.91 Å². The van der Waals surface area contributed by atoms with Crippen molar-refractivity contribution in [1.29, 1.82) is 0 Å². The minimum absolute atomic E-state index is 0.0132. The predicted octanol–water partition coefficient (Wildman–Crippen LogP) is 4.29. The van der Waals surface area contributed by atoms with Crippen molar-refractivity contribution in [2.45, 2.75) is 32.8 Å². The number of nitrogens with zero attached hydrogens (tertiary/aromatic N) is 1. The summed E-state index contributed by atoms with van der Waals surface area (Å²) in [5.74, 6) is 0.494. The van der Waals surface area contributed by atoms with Gasteiger partial charge in [0, 0.05) is 29.7 Å². The van der Waals surface area contributed by atoms with Gasteiger partial charge in [-0.3, -0.25) is 9.59 Å². The SMILES string of the molecule is Cc1cc(O[C@@H](C)C(=O)N2CCC(C(=O)Nc3ccccc3)CC2)ccc1Cl. The Kier molecular flexibility index (Phi) is 6.57. The maximum atomic E-state index is 12.7. The summed E-state index contributed by atoms with van der Waals surface area (Å²) in [6, 6.07) is 14.8. The van der Waals surface area contributed by atoms with Crippen LogP contribution in [0.4, 0.5) is 5.69 Å². The summed E-state index contributed by atoms with van der Waals surface area (Å²) in [5.41, 5.74) is 1.70. The number of hydrogen-bond acceptors (Lipinski definition) is 3. The number of amides is 2. The van der Waals surface area contributed by atoms with Gasteiger partial charge in [0.05, 0.1) is 0 Å². The zero-order chi connectivity index (χ0) is 20.1. The van der Waals surface area contributed by atoms with Crippen LogP contribution >= 0.6 is 11.6 Å². The van der Waals surface area contributed by atoms with Crippen molar-refractivity contribution in [3.05, 3.63) is 59.1 Å². The molecule has 1 aliphatic heterocycles. The van der Waals surface area contributed by atoms with Crippen molar-refractivity contribution >= 4 is 29.1 Å². The summed E-state index contributed by atoms with van der Waals surface area (Å²) in [6.07, 6.45) is 0.712. The number of para-hydroxylation sites is 1. The third-order valence-electron chi connectivity index (χ3n) is 5.01. The van der Waals surface area contributed by atoms with Crippen molar-refractivity contribution in [1.82, 2.24) is 4.90 Å². The van der Waals surface area contributed by atoms with Crippen molar-refractivity contribution in [2.75, 3.05) is 18.4 Å². The largest absolute Gasteiger partial charge is 0.481 e. The fourth-order valence-electron chi connectivity index (χ4n) is 3.33. The van der Waals surface area contributed by atoms with E-state index >= 15 is 0 Å². The molecule has 1 atom stereocenters. The maximum absolute atomic E-state index is 12.7. The number of likely N-dealkylation sites (tertiary alicyclic amines) is 1. The Bertz CT molecular complexity index is 833. The Labute approximate surface area is 170 Å². The van der Waals surface area contributed by atoms with E-state index in [1.807, 2.05) is 43.3 Å². The molecule has 1 aliphatic rings. The number of halogens is 1. The number of hydrogen-bond donors (Lipinski definition) is 1. The molecule has 2 aromatic rings. The van der Waals surface area contributed by atoms with Crippen molar-refractivity contribution in [3.8, 4) is 5.75 Å². The predicted molar refractivity (Wildman–Crippen MR) is 111 cm³/mol. The molecule has 0 aliphatic carbocycles. The van der Waals surface area contributed by atoms with E-state index in [-0.39, 0.29) is 17.7 Å². The van der Waals surface area contributed by atoms with Crippen molar-refractivity contribution in [2.24, 2.45) is 5.92 Å². The molecule has 2 aromatic carbocycles. The molecule has 5 nitrogen and oxygen atoms in total. The van der Waals surface area contributed by atoms with Crippen LogP contribution in [-0.4, -0.2) is 35.9 Å². The number of nitrogens with one attached hydrogen (secondary N) is 1. The summed E-state index contributed by atoms with van der Waals surface area (Å²) in [4.78, 5) is 26.9. The number of piperidine rings is 1. The van der Waals surface area contributed by atoms with Gasteiger partial charge >= 0.3 is 0 Å². The van der Waals surface area contributed by atoms with Gasteiger partial charge in [-0.05, 0) is 62.6 Å². The molecule has 1 fully saturated rings. The van der Waals surface area contributed by atoms with Gasteiger partial charge < -0.3 is 15.0 Å². The Balaban J connectivity index is 1.50. The van der Waals surface area contributed by atoms with E-state index < -0.39 is 6.10 Å². The molecule has 28 heavy (non-hydrogen) atoms. The van der Waals surface area contributed by atoms with E-state index in [0.29, 0.717) is 36.7 Å². The van der Waals surface area contributed by atoms with Crippen LogP contribution in [0.1, 0.15) is 25.3 Å². The van der Waals surface area contributed by atoms with Gasteiger partial charge in [-0.25, -0.2) is 0 Å². The summed E-state index contributed by atoms with van der Waals surface area (Å²) in [6.45, 7) is 4.76. The lowest BCUT2D eigenvalue weighted by Crippen LogP contribution is -2.46. The summed E-state index contributed by atoms with van der Waals surface area (Å²) in [5, 5.41) is 3.61. The lowest BCUT2D eigenvalue weighted by molar-refractivity contribution is -0.140. The molecular weight excluding hydrogens is 376 g/mol. The van der Waals surface area contributed by atoms with E-state index in [4.69, 9.17) is 16.3 Å². The Morgan fingerprint density at radius 2 is 1.82 bits per heavy atom. The van der Waals surface area contributed by atoms with Gasteiger partial charge in [0.25, 0.3) is 5.91 Å². The Morgan fingerprint density at radius 1 is 1.14 bits per heavy atom. The molecule has 0 spiro atoms. The van der Waals surface area contributed by atoms with E-state index in [1.54, 1.807) is 24.0 Å². The molecule has 2 amide bonds. The average Bonchev–Trinajstić information content (AvgIpc) is 2.71. The van der Waals surface area contributed by atoms with Gasteiger partial charge in [-0.1, -0.05) is 29.8 Å². The maximum Gasteiger partial charge on any atom is 0.263 e. The number of benzene rings is 2. The normalized spacial score (nSPS) is 15.8. The molecule has 0 saturated carbocycles. The summed E-state index contributed by atoms with van der Waals surface area (Å²) in [7, 11) is 0.